The first-order valence-corrected chi connectivity index (χ1v) is 5.45. The lowest BCUT2D eigenvalue weighted by molar-refractivity contribution is 0.102. The van der Waals surface area contributed by atoms with Crippen LogP contribution in [0, 0.1) is 11.6 Å². The lowest BCUT2D eigenvalue weighted by Crippen LogP contribution is -1.83. The van der Waals surface area contributed by atoms with E-state index in [0.717, 1.165) is 6.07 Å². The molecule has 0 bridgehead atoms. The van der Waals surface area contributed by atoms with E-state index in [1.54, 1.807) is 12.1 Å². The Hall–Kier alpha value is -1.55. The third-order valence-corrected chi connectivity index (χ3v) is 3.34. The molecule has 0 amide bonds. The van der Waals surface area contributed by atoms with Crippen LogP contribution in [0.15, 0.2) is 30.3 Å². The van der Waals surface area contributed by atoms with Crippen LogP contribution in [-0.4, -0.2) is 5.78 Å². The van der Waals surface area contributed by atoms with Gasteiger partial charge in [-0.05, 0) is 36.8 Å². The molecule has 1 aromatic heterocycles. The predicted molar refractivity (Wildman–Crippen MR) is 59.7 cm³/mol. The van der Waals surface area contributed by atoms with E-state index in [2.05, 4.69) is 0 Å². The van der Waals surface area contributed by atoms with Gasteiger partial charge in [-0.3, -0.25) is 4.79 Å². The molecule has 0 spiro atoms. The van der Waals surface area contributed by atoms with Gasteiger partial charge in [0.1, 0.15) is 11.6 Å². The summed E-state index contributed by atoms with van der Waals surface area (Å²) in [4.78, 5) is 12.4. The second kappa shape index (κ2) is 4.14. The summed E-state index contributed by atoms with van der Waals surface area (Å²) in [6, 6.07) is 6.67. The minimum atomic E-state index is -0.618. The van der Waals surface area contributed by atoms with Gasteiger partial charge in [0.2, 0.25) is 0 Å². The van der Waals surface area contributed by atoms with Crippen molar-refractivity contribution in [1.29, 1.82) is 0 Å². The summed E-state index contributed by atoms with van der Waals surface area (Å²) >= 11 is 1.23. The highest BCUT2D eigenvalue weighted by molar-refractivity contribution is 7.17. The quantitative estimate of drug-likeness (QED) is 0.725. The van der Waals surface area contributed by atoms with Crippen molar-refractivity contribution >= 4 is 17.1 Å². The number of carbonyl (C=O) groups excluding carboxylic acids is 1. The normalized spacial score (nSPS) is 10.4. The molecule has 0 aliphatic heterocycles. The Morgan fingerprint density at radius 1 is 1.12 bits per heavy atom. The molecule has 0 unspecified atom stereocenters. The van der Waals surface area contributed by atoms with E-state index in [0.29, 0.717) is 15.3 Å². The first-order valence-electron chi connectivity index (χ1n) is 4.63. The average molecular weight is 238 g/mol. The van der Waals surface area contributed by atoms with Crippen molar-refractivity contribution in [3.8, 4) is 10.4 Å². The Bertz CT molecular complexity index is 525. The minimum Gasteiger partial charge on any atom is -0.294 e. The highest BCUT2D eigenvalue weighted by Crippen LogP contribution is 2.29. The van der Waals surface area contributed by atoms with Gasteiger partial charge in [-0.25, -0.2) is 8.78 Å². The molecule has 1 nitrogen and oxygen atoms in total. The van der Waals surface area contributed by atoms with Crippen LogP contribution >= 0.6 is 11.3 Å². The minimum absolute atomic E-state index is 0.0480. The topological polar surface area (TPSA) is 17.1 Å². The Balaban J connectivity index is 2.46. The molecule has 4 heteroatoms. The van der Waals surface area contributed by atoms with E-state index in [1.165, 1.54) is 30.4 Å². The standard InChI is InChI=1S/C12H8F2OS/c1-7(15)11-2-3-12(16-11)8-4-9(13)6-10(14)5-8/h2-6H,1H3. The lowest BCUT2D eigenvalue weighted by atomic mass is 10.2. The van der Waals surface area contributed by atoms with Gasteiger partial charge in [0.25, 0.3) is 0 Å². The van der Waals surface area contributed by atoms with E-state index in [4.69, 9.17) is 0 Å². The second-order valence-electron chi connectivity index (χ2n) is 3.38. The van der Waals surface area contributed by atoms with Gasteiger partial charge in [0.05, 0.1) is 4.88 Å². The van der Waals surface area contributed by atoms with E-state index in [1.807, 2.05) is 0 Å². The number of rotatable bonds is 2. The number of hydrogen-bond acceptors (Lipinski definition) is 2. The second-order valence-corrected chi connectivity index (χ2v) is 4.46. The van der Waals surface area contributed by atoms with Crippen molar-refractivity contribution in [2.45, 2.75) is 6.92 Å². The molecule has 1 heterocycles. The highest BCUT2D eigenvalue weighted by Gasteiger charge is 2.08. The van der Waals surface area contributed by atoms with Gasteiger partial charge in [-0.15, -0.1) is 11.3 Å². The largest absolute Gasteiger partial charge is 0.294 e. The summed E-state index contributed by atoms with van der Waals surface area (Å²) in [6.07, 6.45) is 0. The molecule has 0 saturated heterocycles. The summed E-state index contributed by atoms with van der Waals surface area (Å²) in [5, 5.41) is 0. The zero-order valence-corrected chi connectivity index (χ0v) is 9.28. The number of Topliss-reactive ketones (excluding diaryl/α,β-unsaturated/α-hetero) is 1. The molecule has 2 rings (SSSR count). The van der Waals surface area contributed by atoms with Crippen molar-refractivity contribution in [3.63, 3.8) is 0 Å². The number of thiophene rings is 1. The fourth-order valence-corrected chi connectivity index (χ4v) is 2.27. The van der Waals surface area contributed by atoms with Gasteiger partial charge >= 0.3 is 0 Å². The Morgan fingerprint density at radius 2 is 1.75 bits per heavy atom. The van der Waals surface area contributed by atoms with Crippen LogP contribution in [0.25, 0.3) is 10.4 Å². The van der Waals surface area contributed by atoms with Gasteiger partial charge in [-0.2, -0.15) is 0 Å². The number of ketones is 1. The molecule has 16 heavy (non-hydrogen) atoms. The molecular weight excluding hydrogens is 230 g/mol. The molecule has 0 aliphatic carbocycles. The van der Waals surface area contributed by atoms with Crippen LogP contribution in [0.5, 0.6) is 0 Å². The van der Waals surface area contributed by atoms with Crippen molar-refractivity contribution in [3.05, 3.63) is 46.8 Å². The molecule has 0 radical (unpaired) electrons. The summed E-state index contributed by atoms with van der Waals surface area (Å²) in [5.41, 5.74) is 0.454. The molecule has 82 valence electrons. The summed E-state index contributed by atoms with van der Waals surface area (Å²) in [7, 11) is 0. The summed E-state index contributed by atoms with van der Waals surface area (Å²) in [5.74, 6) is -1.28. The highest BCUT2D eigenvalue weighted by atomic mass is 32.1. The van der Waals surface area contributed by atoms with Gasteiger partial charge in [0.15, 0.2) is 5.78 Å². The monoisotopic (exact) mass is 238 g/mol. The maximum Gasteiger partial charge on any atom is 0.169 e. The zero-order valence-electron chi connectivity index (χ0n) is 8.46. The van der Waals surface area contributed by atoms with Crippen LogP contribution in [0.3, 0.4) is 0 Å². The third-order valence-electron chi connectivity index (χ3n) is 2.10. The van der Waals surface area contributed by atoms with E-state index < -0.39 is 11.6 Å². The van der Waals surface area contributed by atoms with Gasteiger partial charge in [-0.1, -0.05) is 0 Å². The van der Waals surface area contributed by atoms with Gasteiger partial charge < -0.3 is 0 Å². The van der Waals surface area contributed by atoms with E-state index >= 15 is 0 Å². The molecule has 1 aromatic carbocycles. The van der Waals surface area contributed by atoms with Crippen LogP contribution in [0.2, 0.25) is 0 Å². The SMILES string of the molecule is CC(=O)c1ccc(-c2cc(F)cc(F)c2)s1. The van der Waals surface area contributed by atoms with Crippen molar-refractivity contribution < 1.29 is 13.6 Å². The molecule has 2 aromatic rings. The van der Waals surface area contributed by atoms with Crippen molar-refractivity contribution in [2.24, 2.45) is 0 Å². The number of halogens is 2. The average Bonchev–Trinajstić information content (AvgIpc) is 2.64. The Labute approximate surface area is 95.4 Å². The number of benzene rings is 1. The Morgan fingerprint density at radius 3 is 2.25 bits per heavy atom. The molecular formula is C12H8F2OS. The maximum atomic E-state index is 13.0. The van der Waals surface area contributed by atoms with Crippen LogP contribution in [-0.2, 0) is 0 Å². The van der Waals surface area contributed by atoms with E-state index in [9.17, 15) is 13.6 Å². The summed E-state index contributed by atoms with van der Waals surface area (Å²) in [6.45, 7) is 1.46. The zero-order chi connectivity index (χ0) is 11.7. The van der Waals surface area contributed by atoms with Crippen LogP contribution < -0.4 is 0 Å². The smallest absolute Gasteiger partial charge is 0.169 e. The first-order chi connectivity index (χ1) is 7.56. The molecule has 0 N–H and O–H groups in total. The number of hydrogen-bond donors (Lipinski definition) is 0. The Kier molecular flexibility index (Phi) is 2.83. The molecule has 0 atom stereocenters. The van der Waals surface area contributed by atoms with Crippen LogP contribution in [0.4, 0.5) is 8.78 Å². The fourth-order valence-electron chi connectivity index (χ4n) is 1.38. The molecule has 0 saturated carbocycles. The fraction of sp³-hybridized carbons (Fsp3) is 0.0833. The predicted octanol–water partition coefficient (Wildman–Crippen LogP) is 3.90. The van der Waals surface area contributed by atoms with Crippen molar-refractivity contribution in [2.75, 3.05) is 0 Å². The van der Waals surface area contributed by atoms with Crippen molar-refractivity contribution in [1.82, 2.24) is 0 Å². The van der Waals surface area contributed by atoms with Gasteiger partial charge in [0, 0.05) is 10.9 Å². The lowest BCUT2D eigenvalue weighted by Gasteiger charge is -1.98. The molecule has 0 aliphatic rings. The number of carbonyl (C=O) groups is 1. The van der Waals surface area contributed by atoms with E-state index in [-0.39, 0.29) is 5.78 Å². The third kappa shape index (κ3) is 2.17. The molecule has 0 fully saturated rings. The maximum absolute atomic E-state index is 13.0. The van der Waals surface area contributed by atoms with Crippen LogP contribution in [0.1, 0.15) is 16.6 Å². The first kappa shape index (κ1) is 11.0. The summed E-state index contributed by atoms with van der Waals surface area (Å²) < 4.78 is 26.0.